The van der Waals surface area contributed by atoms with E-state index < -0.39 is 0 Å². The number of hydrogen-bond acceptors (Lipinski definition) is 5. The Balaban J connectivity index is 1.46. The van der Waals surface area contributed by atoms with Gasteiger partial charge in [-0.1, -0.05) is 6.07 Å². The van der Waals surface area contributed by atoms with Crippen LogP contribution >= 0.6 is 0 Å². The maximum absolute atomic E-state index is 12.6. The van der Waals surface area contributed by atoms with Crippen molar-refractivity contribution in [2.75, 3.05) is 45.9 Å². The van der Waals surface area contributed by atoms with Gasteiger partial charge < -0.3 is 15.3 Å². The highest BCUT2D eigenvalue weighted by Gasteiger charge is 2.21. The molecule has 2 N–H and O–H groups in total. The SMILES string of the molecule is Cc1nc2c(C)cccn2c1C(=O)NCCCC(=O)N1CCN(CCO)CC1. The number of carbonyl (C=O) groups is 2. The second kappa shape index (κ2) is 9.16. The van der Waals surface area contributed by atoms with Crippen LogP contribution in [0.5, 0.6) is 0 Å². The molecule has 8 heteroatoms. The normalized spacial score (nSPS) is 15.2. The van der Waals surface area contributed by atoms with Crippen molar-refractivity contribution in [1.82, 2.24) is 24.5 Å². The Hall–Kier alpha value is -2.45. The zero-order valence-electron chi connectivity index (χ0n) is 16.6. The number of fused-ring (bicyclic) bond motifs is 1. The van der Waals surface area contributed by atoms with E-state index in [-0.39, 0.29) is 18.4 Å². The summed E-state index contributed by atoms with van der Waals surface area (Å²) in [5.41, 5.74) is 3.06. The molecule has 2 aromatic heterocycles. The molecule has 1 aliphatic rings. The first kappa shape index (κ1) is 20.3. The fourth-order valence-electron chi connectivity index (χ4n) is 3.64. The summed E-state index contributed by atoms with van der Waals surface area (Å²) >= 11 is 0. The van der Waals surface area contributed by atoms with Gasteiger partial charge in [0.15, 0.2) is 0 Å². The summed E-state index contributed by atoms with van der Waals surface area (Å²) in [6.07, 6.45) is 2.87. The lowest BCUT2D eigenvalue weighted by molar-refractivity contribution is -0.133. The van der Waals surface area contributed by atoms with Gasteiger partial charge in [0.25, 0.3) is 5.91 Å². The zero-order valence-corrected chi connectivity index (χ0v) is 16.6. The number of imidazole rings is 1. The van der Waals surface area contributed by atoms with Gasteiger partial charge in [-0.3, -0.25) is 18.9 Å². The number of piperazine rings is 1. The molecule has 0 bridgehead atoms. The minimum atomic E-state index is -0.166. The first-order chi connectivity index (χ1) is 13.5. The van der Waals surface area contributed by atoms with Crippen molar-refractivity contribution in [1.29, 1.82) is 0 Å². The van der Waals surface area contributed by atoms with Crippen LogP contribution in [0.25, 0.3) is 5.65 Å². The largest absolute Gasteiger partial charge is 0.395 e. The number of nitrogens with one attached hydrogen (secondary N) is 1. The van der Waals surface area contributed by atoms with Gasteiger partial charge in [-0.25, -0.2) is 4.98 Å². The van der Waals surface area contributed by atoms with Crippen molar-refractivity contribution in [3.63, 3.8) is 0 Å². The third kappa shape index (κ3) is 4.51. The van der Waals surface area contributed by atoms with Crippen LogP contribution in [0.1, 0.15) is 34.6 Å². The van der Waals surface area contributed by atoms with E-state index in [1.807, 2.05) is 41.5 Å². The predicted molar refractivity (Wildman–Crippen MR) is 106 cm³/mol. The number of amides is 2. The molecule has 3 heterocycles. The molecule has 152 valence electrons. The highest BCUT2D eigenvalue weighted by Crippen LogP contribution is 2.15. The first-order valence-corrected chi connectivity index (χ1v) is 9.84. The van der Waals surface area contributed by atoms with Crippen LogP contribution in [-0.2, 0) is 4.79 Å². The minimum Gasteiger partial charge on any atom is -0.395 e. The summed E-state index contributed by atoms with van der Waals surface area (Å²) in [5, 5.41) is 11.9. The van der Waals surface area contributed by atoms with E-state index in [9.17, 15) is 9.59 Å². The van der Waals surface area contributed by atoms with Gasteiger partial charge >= 0.3 is 0 Å². The Morgan fingerprint density at radius 2 is 1.96 bits per heavy atom. The van der Waals surface area contributed by atoms with Gasteiger partial charge in [0.2, 0.25) is 5.91 Å². The third-order valence-corrected chi connectivity index (χ3v) is 5.23. The van der Waals surface area contributed by atoms with Crippen molar-refractivity contribution < 1.29 is 14.7 Å². The summed E-state index contributed by atoms with van der Waals surface area (Å²) in [7, 11) is 0. The van der Waals surface area contributed by atoms with Crippen molar-refractivity contribution in [2.45, 2.75) is 26.7 Å². The Labute approximate surface area is 165 Å². The molecule has 2 aromatic rings. The van der Waals surface area contributed by atoms with Crippen LogP contribution in [0.15, 0.2) is 18.3 Å². The highest BCUT2D eigenvalue weighted by atomic mass is 16.3. The smallest absolute Gasteiger partial charge is 0.270 e. The highest BCUT2D eigenvalue weighted by molar-refractivity contribution is 5.94. The van der Waals surface area contributed by atoms with Crippen LogP contribution < -0.4 is 5.32 Å². The maximum atomic E-state index is 12.6. The average molecular weight is 387 g/mol. The standard InChI is InChI=1S/C20H29N5O3/c1-15-5-4-8-25-18(16(2)22-19(15)25)20(28)21-7-3-6-17(27)24-11-9-23(10-12-24)13-14-26/h4-5,8,26H,3,6-7,9-14H2,1-2H3,(H,21,28). The van der Waals surface area contributed by atoms with Crippen LogP contribution in [0.2, 0.25) is 0 Å². The predicted octanol–water partition coefficient (Wildman–Crippen LogP) is 0.598. The van der Waals surface area contributed by atoms with Gasteiger partial charge in [0.05, 0.1) is 12.3 Å². The quantitative estimate of drug-likeness (QED) is 0.679. The average Bonchev–Trinajstić information content (AvgIpc) is 3.03. The van der Waals surface area contributed by atoms with Gasteiger partial charge in [-0.2, -0.15) is 0 Å². The number of aliphatic hydroxyl groups excluding tert-OH is 1. The molecule has 0 aromatic carbocycles. The Morgan fingerprint density at radius 1 is 1.21 bits per heavy atom. The van der Waals surface area contributed by atoms with Crippen LogP contribution in [-0.4, -0.2) is 82.0 Å². The number of carbonyl (C=O) groups excluding carboxylic acids is 2. The van der Waals surface area contributed by atoms with E-state index in [1.54, 1.807) is 0 Å². The van der Waals surface area contributed by atoms with E-state index in [1.165, 1.54) is 0 Å². The topological polar surface area (TPSA) is 90.2 Å². The molecule has 3 rings (SSSR count). The molecular weight excluding hydrogens is 358 g/mol. The molecule has 1 aliphatic heterocycles. The second-order valence-corrected chi connectivity index (χ2v) is 7.24. The molecule has 0 aliphatic carbocycles. The van der Waals surface area contributed by atoms with E-state index in [0.717, 1.165) is 24.3 Å². The van der Waals surface area contributed by atoms with Crippen LogP contribution in [0.3, 0.4) is 0 Å². The van der Waals surface area contributed by atoms with Gasteiger partial charge in [0, 0.05) is 51.9 Å². The Kier molecular flexibility index (Phi) is 6.64. The lowest BCUT2D eigenvalue weighted by Crippen LogP contribution is -2.49. The van der Waals surface area contributed by atoms with E-state index in [4.69, 9.17) is 5.11 Å². The number of pyridine rings is 1. The molecule has 1 saturated heterocycles. The van der Waals surface area contributed by atoms with Gasteiger partial charge in [-0.15, -0.1) is 0 Å². The summed E-state index contributed by atoms with van der Waals surface area (Å²) in [6, 6.07) is 3.87. The van der Waals surface area contributed by atoms with E-state index in [2.05, 4.69) is 15.2 Å². The summed E-state index contributed by atoms with van der Waals surface area (Å²) in [5.74, 6) is -0.0415. The number of aromatic nitrogens is 2. The van der Waals surface area contributed by atoms with E-state index >= 15 is 0 Å². The molecule has 2 amide bonds. The monoisotopic (exact) mass is 387 g/mol. The molecule has 0 atom stereocenters. The molecule has 0 radical (unpaired) electrons. The number of aryl methyl sites for hydroxylation is 2. The Morgan fingerprint density at radius 3 is 2.68 bits per heavy atom. The molecule has 0 saturated carbocycles. The third-order valence-electron chi connectivity index (χ3n) is 5.23. The van der Waals surface area contributed by atoms with Gasteiger partial charge in [0.1, 0.15) is 11.3 Å². The molecule has 0 spiro atoms. The lowest BCUT2D eigenvalue weighted by atomic mass is 10.2. The summed E-state index contributed by atoms with van der Waals surface area (Å²) in [4.78, 5) is 33.5. The number of rotatable bonds is 7. The lowest BCUT2D eigenvalue weighted by Gasteiger charge is -2.34. The van der Waals surface area contributed by atoms with Crippen LogP contribution in [0.4, 0.5) is 0 Å². The number of aliphatic hydroxyl groups is 1. The summed E-state index contributed by atoms with van der Waals surface area (Å²) in [6.45, 7) is 8.08. The van der Waals surface area contributed by atoms with Crippen LogP contribution in [0, 0.1) is 13.8 Å². The van der Waals surface area contributed by atoms with Crippen molar-refractivity contribution in [3.8, 4) is 0 Å². The number of β-amino-alcohol motifs (C(OH)–C–C–N with tert-alkyl or cyclic N) is 1. The number of hydrogen-bond donors (Lipinski definition) is 2. The summed E-state index contributed by atoms with van der Waals surface area (Å²) < 4.78 is 1.82. The maximum Gasteiger partial charge on any atom is 0.270 e. The van der Waals surface area contributed by atoms with Crippen molar-refractivity contribution in [2.24, 2.45) is 0 Å². The second-order valence-electron chi connectivity index (χ2n) is 7.24. The molecule has 1 fully saturated rings. The van der Waals surface area contributed by atoms with E-state index in [0.29, 0.717) is 50.4 Å². The Bertz CT molecular complexity index is 840. The van der Waals surface area contributed by atoms with Crippen molar-refractivity contribution in [3.05, 3.63) is 35.3 Å². The van der Waals surface area contributed by atoms with Gasteiger partial charge in [-0.05, 0) is 31.9 Å². The molecule has 28 heavy (non-hydrogen) atoms. The molecule has 8 nitrogen and oxygen atoms in total. The molecule has 0 unspecified atom stereocenters. The fraction of sp³-hybridized carbons (Fsp3) is 0.550. The zero-order chi connectivity index (χ0) is 20.1. The number of nitrogens with zero attached hydrogens (tertiary/aromatic N) is 4. The van der Waals surface area contributed by atoms with Crippen molar-refractivity contribution >= 4 is 17.5 Å². The first-order valence-electron chi connectivity index (χ1n) is 9.84. The molecular formula is C20H29N5O3. The fourth-order valence-corrected chi connectivity index (χ4v) is 3.64. The minimum absolute atomic E-state index is 0.125.